The van der Waals surface area contributed by atoms with Crippen LogP contribution in [0.15, 0.2) is 40.9 Å². The van der Waals surface area contributed by atoms with Crippen LogP contribution in [0.5, 0.6) is 0 Å². The van der Waals surface area contributed by atoms with Gasteiger partial charge in [-0.2, -0.15) is 10.1 Å². The molecule has 4 rings (SSSR count). The maximum absolute atomic E-state index is 12.9. The van der Waals surface area contributed by atoms with Gasteiger partial charge in [-0.15, -0.1) is 11.3 Å². The van der Waals surface area contributed by atoms with Crippen LogP contribution in [-0.4, -0.2) is 25.8 Å². The average Bonchev–Trinajstić information content (AvgIpc) is 3.38. The van der Waals surface area contributed by atoms with E-state index in [0.29, 0.717) is 16.6 Å². The van der Waals surface area contributed by atoms with Gasteiger partial charge in [-0.3, -0.25) is 9.48 Å². The van der Waals surface area contributed by atoms with E-state index >= 15 is 0 Å². The summed E-state index contributed by atoms with van der Waals surface area (Å²) in [5.41, 5.74) is 1.79. The Hall–Kier alpha value is -3.00. The molecule has 1 aromatic carbocycles. The van der Waals surface area contributed by atoms with E-state index in [9.17, 15) is 4.79 Å². The number of aryl methyl sites for hydroxylation is 2. The first-order valence-electron chi connectivity index (χ1n) is 9.07. The third-order valence-corrected chi connectivity index (χ3v) is 5.81. The number of nitrogens with one attached hydrogen (secondary N) is 1. The van der Waals surface area contributed by atoms with Crippen LogP contribution in [0.1, 0.15) is 41.1 Å². The standard InChI is InChI=1S/C20H21N5O2S/c1-11(2)16(19-22-17(24-27-19)13-8-6-5-7-9-13)21-18(26)15-10-14-12(3)23-25(4)20(14)28-15/h5-11,16H,1-4H3,(H,21,26). The topological polar surface area (TPSA) is 85.8 Å². The lowest BCUT2D eigenvalue weighted by Gasteiger charge is -2.17. The molecule has 0 aliphatic rings. The highest BCUT2D eigenvalue weighted by Crippen LogP contribution is 2.29. The smallest absolute Gasteiger partial charge is 0.262 e. The van der Waals surface area contributed by atoms with E-state index in [-0.39, 0.29) is 17.9 Å². The van der Waals surface area contributed by atoms with E-state index in [2.05, 4.69) is 20.6 Å². The van der Waals surface area contributed by atoms with E-state index in [4.69, 9.17) is 4.52 Å². The Balaban J connectivity index is 1.59. The van der Waals surface area contributed by atoms with Crippen LogP contribution >= 0.6 is 11.3 Å². The lowest BCUT2D eigenvalue weighted by molar-refractivity contribution is 0.0918. The molecule has 0 spiro atoms. The van der Waals surface area contributed by atoms with Crippen molar-refractivity contribution in [3.8, 4) is 11.4 Å². The lowest BCUT2D eigenvalue weighted by atomic mass is 10.0. The molecule has 0 saturated heterocycles. The normalized spacial score (nSPS) is 12.6. The highest BCUT2D eigenvalue weighted by atomic mass is 32.1. The summed E-state index contributed by atoms with van der Waals surface area (Å²) in [6.45, 7) is 5.96. The van der Waals surface area contributed by atoms with Gasteiger partial charge in [-0.25, -0.2) is 0 Å². The van der Waals surface area contributed by atoms with Crippen molar-refractivity contribution < 1.29 is 9.32 Å². The second-order valence-corrected chi connectivity index (χ2v) is 8.09. The van der Waals surface area contributed by atoms with Crippen molar-refractivity contribution in [3.05, 3.63) is 52.9 Å². The molecule has 0 radical (unpaired) electrons. The van der Waals surface area contributed by atoms with E-state index < -0.39 is 0 Å². The molecule has 144 valence electrons. The largest absolute Gasteiger partial charge is 0.339 e. The third-order valence-electron chi connectivity index (χ3n) is 4.61. The number of carbonyl (C=O) groups excluding carboxylic acids is 1. The molecule has 1 amide bonds. The van der Waals surface area contributed by atoms with Crippen LogP contribution in [0, 0.1) is 12.8 Å². The minimum Gasteiger partial charge on any atom is -0.339 e. The summed E-state index contributed by atoms with van der Waals surface area (Å²) >= 11 is 1.43. The van der Waals surface area contributed by atoms with Crippen molar-refractivity contribution in [2.24, 2.45) is 13.0 Å². The van der Waals surface area contributed by atoms with Gasteiger partial charge in [0.05, 0.1) is 10.6 Å². The monoisotopic (exact) mass is 395 g/mol. The average molecular weight is 395 g/mol. The number of fused-ring (bicyclic) bond motifs is 1. The van der Waals surface area contributed by atoms with E-state index in [1.165, 1.54) is 11.3 Å². The van der Waals surface area contributed by atoms with Crippen molar-refractivity contribution in [2.45, 2.75) is 26.8 Å². The molecule has 1 N–H and O–H groups in total. The van der Waals surface area contributed by atoms with E-state index in [1.807, 2.05) is 64.2 Å². The molecule has 3 heterocycles. The van der Waals surface area contributed by atoms with Crippen LogP contribution in [0.3, 0.4) is 0 Å². The molecular weight excluding hydrogens is 374 g/mol. The molecule has 28 heavy (non-hydrogen) atoms. The number of amides is 1. The molecule has 1 unspecified atom stereocenters. The fourth-order valence-corrected chi connectivity index (χ4v) is 4.14. The molecule has 0 fully saturated rings. The summed E-state index contributed by atoms with van der Waals surface area (Å²) in [6.07, 6.45) is 0. The second-order valence-electron chi connectivity index (χ2n) is 7.06. The molecule has 7 nitrogen and oxygen atoms in total. The molecule has 3 aromatic heterocycles. The van der Waals surface area contributed by atoms with Gasteiger partial charge in [0.1, 0.15) is 10.9 Å². The third kappa shape index (κ3) is 3.31. The van der Waals surface area contributed by atoms with E-state index in [1.54, 1.807) is 4.68 Å². The van der Waals surface area contributed by atoms with Crippen molar-refractivity contribution in [1.29, 1.82) is 0 Å². The molecule has 8 heteroatoms. The van der Waals surface area contributed by atoms with E-state index in [0.717, 1.165) is 21.5 Å². The predicted octanol–water partition coefficient (Wildman–Crippen LogP) is 4.12. The van der Waals surface area contributed by atoms with Crippen LogP contribution in [-0.2, 0) is 7.05 Å². The van der Waals surface area contributed by atoms with Crippen molar-refractivity contribution in [2.75, 3.05) is 0 Å². The summed E-state index contributed by atoms with van der Waals surface area (Å²) < 4.78 is 7.28. The molecule has 0 aliphatic heterocycles. The summed E-state index contributed by atoms with van der Waals surface area (Å²) in [7, 11) is 1.88. The quantitative estimate of drug-likeness (QED) is 0.549. The molecule has 0 aliphatic carbocycles. The zero-order chi connectivity index (χ0) is 19.8. The number of thiophene rings is 1. The first-order chi connectivity index (χ1) is 13.4. The van der Waals surface area contributed by atoms with Gasteiger partial charge in [-0.1, -0.05) is 49.3 Å². The van der Waals surface area contributed by atoms with Gasteiger partial charge in [0.2, 0.25) is 11.7 Å². The Bertz CT molecular complexity index is 1090. The number of carbonyl (C=O) groups is 1. The van der Waals surface area contributed by atoms with Gasteiger partial charge in [-0.05, 0) is 18.9 Å². The first-order valence-corrected chi connectivity index (χ1v) is 9.88. The number of benzene rings is 1. The summed E-state index contributed by atoms with van der Waals surface area (Å²) in [4.78, 5) is 19.0. The Morgan fingerprint density at radius 2 is 2.00 bits per heavy atom. The fourth-order valence-electron chi connectivity index (χ4n) is 3.11. The van der Waals surface area contributed by atoms with Gasteiger partial charge in [0, 0.05) is 18.0 Å². The Labute approximate surface area is 166 Å². The number of hydrogen-bond donors (Lipinski definition) is 1. The van der Waals surface area contributed by atoms with Crippen molar-refractivity contribution in [3.63, 3.8) is 0 Å². The molecule has 1 atom stereocenters. The van der Waals surface area contributed by atoms with Crippen LogP contribution in [0.4, 0.5) is 0 Å². The minimum absolute atomic E-state index is 0.0887. The van der Waals surface area contributed by atoms with Crippen molar-refractivity contribution in [1.82, 2.24) is 25.2 Å². The first kappa shape index (κ1) is 18.4. The zero-order valence-electron chi connectivity index (χ0n) is 16.1. The summed E-state index contributed by atoms with van der Waals surface area (Å²) in [5, 5.41) is 12.5. The zero-order valence-corrected chi connectivity index (χ0v) is 16.9. The molecular formula is C20H21N5O2S. The Morgan fingerprint density at radius 1 is 1.25 bits per heavy atom. The number of aromatic nitrogens is 4. The van der Waals surface area contributed by atoms with Gasteiger partial charge < -0.3 is 9.84 Å². The van der Waals surface area contributed by atoms with Gasteiger partial charge >= 0.3 is 0 Å². The number of hydrogen-bond acceptors (Lipinski definition) is 6. The summed E-state index contributed by atoms with van der Waals surface area (Å²) in [6, 6.07) is 11.1. The van der Waals surface area contributed by atoms with Gasteiger partial charge in [0.15, 0.2) is 0 Å². The van der Waals surface area contributed by atoms with Crippen LogP contribution < -0.4 is 5.32 Å². The molecule has 0 saturated carbocycles. The SMILES string of the molecule is Cc1nn(C)c2sc(C(=O)NC(c3nc(-c4ccccc4)no3)C(C)C)cc12. The highest BCUT2D eigenvalue weighted by Gasteiger charge is 2.26. The van der Waals surface area contributed by atoms with Crippen LogP contribution in [0.25, 0.3) is 21.6 Å². The molecule has 4 aromatic rings. The minimum atomic E-state index is -0.373. The Kier molecular flexibility index (Phi) is 4.72. The second kappa shape index (κ2) is 7.20. The summed E-state index contributed by atoms with van der Waals surface area (Å²) in [5.74, 6) is 0.852. The molecule has 0 bridgehead atoms. The number of rotatable bonds is 5. The van der Waals surface area contributed by atoms with Crippen molar-refractivity contribution >= 4 is 27.5 Å². The van der Waals surface area contributed by atoms with Crippen LogP contribution in [0.2, 0.25) is 0 Å². The fraction of sp³-hybridized carbons (Fsp3) is 0.300. The predicted molar refractivity (Wildman–Crippen MR) is 108 cm³/mol. The maximum atomic E-state index is 12.9. The highest BCUT2D eigenvalue weighted by molar-refractivity contribution is 7.20. The number of nitrogens with zero attached hydrogens (tertiary/aromatic N) is 4. The lowest BCUT2D eigenvalue weighted by Crippen LogP contribution is -2.31. The Morgan fingerprint density at radius 3 is 2.68 bits per heavy atom. The van der Waals surface area contributed by atoms with Gasteiger partial charge in [0.25, 0.3) is 5.91 Å². The maximum Gasteiger partial charge on any atom is 0.262 e.